The van der Waals surface area contributed by atoms with Crippen molar-refractivity contribution in [2.75, 3.05) is 0 Å². The topological polar surface area (TPSA) is 26.3 Å². The van der Waals surface area contributed by atoms with Gasteiger partial charge in [0.05, 0.1) is 10.6 Å². The predicted molar refractivity (Wildman–Crippen MR) is 72.2 cm³/mol. The molecule has 2 nitrogen and oxygen atoms in total. The van der Waals surface area contributed by atoms with Crippen LogP contribution in [0.2, 0.25) is 5.02 Å². The zero-order chi connectivity index (χ0) is 15.6. The summed E-state index contributed by atoms with van der Waals surface area (Å²) in [5.41, 5.74) is -0.293. The van der Waals surface area contributed by atoms with E-state index in [2.05, 4.69) is 0 Å². The highest BCUT2D eigenvalue weighted by atomic mass is 35.5. The van der Waals surface area contributed by atoms with Gasteiger partial charge in [-0.05, 0) is 31.2 Å². The van der Waals surface area contributed by atoms with Gasteiger partial charge in [0, 0.05) is 12.1 Å². The van der Waals surface area contributed by atoms with Gasteiger partial charge in [-0.3, -0.25) is 4.79 Å². The van der Waals surface area contributed by atoms with Crippen molar-refractivity contribution < 1.29 is 22.7 Å². The smallest absolute Gasteiger partial charge is 0.205 e. The van der Waals surface area contributed by atoms with Crippen LogP contribution in [-0.2, 0) is 0 Å². The number of rotatable bonds is 4. The van der Waals surface area contributed by atoms with Gasteiger partial charge in [0.15, 0.2) is 6.10 Å². The third kappa shape index (κ3) is 3.55. The van der Waals surface area contributed by atoms with Gasteiger partial charge in [-0.2, -0.15) is 0 Å². The highest BCUT2D eigenvalue weighted by Crippen LogP contribution is 2.22. The van der Waals surface area contributed by atoms with Crippen LogP contribution in [0.15, 0.2) is 36.4 Å². The molecular formula is C15H10ClF3O2. The zero-order valence-electron chi connectivity index (χ0n) is 10.9. The molecule has 0 aliphatic carbocycles. The Balaban J connectivity index is 2.17. The molecule has 1 unspecified atom stereocenters. The molecule has 0 heterocycles. The van der Waals surface area contributed by atoms with E-state index < -0.39 is 29.3 Å². The van der Waals surface area contributed by atoms with E-state index in [1.807, 2.05) is 0 Å². The summed E-state index contributed by atoms with van der Waals surface area (Å²) < 4.78 is 44.8. The summed E-state index contributed by atoms with van der Waals surface area (Å²) in [6.07, 6.45) is -1.06. The molecule has 0 saturated heterocycles. The van der Waals surface area contributed by atoms with Crippen LogP contribution in [0.5, 0.6) is 5.75 Å². The highest BCUT2D eigenvalue weighted by molar-refractivity contribution is 6.30. The number of carbonyl (C=O) groups is 1. The largest absolute Gasteiger partial charge is 0.482 e. The Morgan fingerprint density at radius 3 is 2.43 bits per heavy atom. The summed E-state index contributed by atoms with van der Waals surface area (Å²) in [5, 5.41) is -0.0779. The van der Waals surface area contributed by atoms with Crippen molar-refractivity contribution >= 4 is 17.4 Å². The number of ketones is 1. The summed E-state index contributed by atoms with van der Waals surface area (Å²) in [7, 11) is 0. The van der Waals surface area contributed by atoms with Crippen LogP contribution in [0.1, 0.15) is 17.3 Å². The van der Waals surface area contributed by atoms with Crippen molar-refractivity contribution in [1.29, 1.82) is 0 Å². The fraction of sp³-hybridized carbons (Fsp3) is 0.133. The van der Waals surface area contributed by atoms with E-state index in [0.717, 1.165) is 18.2 Å². The molecule has 0 amide bonds. The van der Waals surface area contributed by atoms with Crippen LogP contribution >= 0.6 is 11.6 Å². The Hall–Kier alpha value is -2.01. The van der Waals surface area contributed by atoms with Crippen molar-refractivity contribution in [3.8, 4) is 5.75 Å². The average molecular weight is 315 g/mol. The minimum Gasteiger partial charge on any atom is -0.482 e. The molecule has 0 spiro atoms. The lowest BCUT2D eigenvalue weighted by molar-refractivity contribution is 0.0813. The second-order valence-electron chi connectivity index (χ2n) is 4.32. The molecule has 0 aromatic heterocycles. The first-order valence-corrected chi connectivity index (χ1v) is 6.37. The first-order chi connectivity index (χ1) is 9.88. The van der Waals surface area contributed by atoms with E-state index >= 15 is 0 Å². The Morgan fingerprint density at radius 2 is 1.81 bits per heavy atom. The molecular weight excluding hydrogens is 305 g/mol. The van der Waals surface area contributed by atoms with Crippen LogP contribution in [0.25, 0.3) is 0 Å². The zero-order valence-corrected chi connectivity index (χ0v) is 11.6. The second kappa shape index (κ2) is 6.18. The number of carbonyl (C=O) groups excluding carboxylic acids is 1. The number of hydrogen-bond acceptors (Lipinski definition) is 2. The predicted octanol–water partition coefficient (Wildman–Crippen LogP) is 4.41. The Labute approximate surface area is 124 Å². The minimum atomic E-state index is -1.06. The van der Waals surface area contributed by atoms with E-state index in [1.54, 1.807) is 0 Å². The maximum Gasteiger partial charge on any atom is 0.205 e. The van der Waals surface area contributed by atoms with Gasteiger partial charge in [0.2, 0.25) is 5.78 Å². The Bertz CT molecular complexity index is 689. The normalized spacial score (nSPS) is 12.0. The van der Waals surface area contributed by atoms with E-state index in [4.69, 9.17) is 16.3 Å². The lowest BCUT2D eigenvalue weighted by Crippen LogP contribution is -2.25. The van der Waals surface area contributed by atoms with Crippen LogP contribution in [0.4, 0.5) is 13.2 Å². The van der Waals surface area contributed by atoms with Crippen molar-refractivity contribution in [2.24, 2.45) is 0 Å². The number of halogens is 4. The lowest BCUT2D eigenvalue weighted by Gasteiger charge is -2.14. The third-order valence-electron chi connectivity index (χ3n) is 2.77. The van der Waals surface area contributed by atoms with Crippen molar-refractivity contribution in [3.05, 3.63) is 64.4 Å². The molecule has 0 saturated carbocycles. The molecule has 6 heteroatoms. The quantitative estimate of drug-likeness (QED) is 0.781. The Kier molecular flexibility index (Phi) is 4.53. The standard InChI is InChI=1S/C15H10ClF3O2/c1-8(21-10-3-5-12(16)14(19)7-10)15(20)11-4-2-9(17)6-13(11)18/h2-8H,1H3. The van der Waals surface area contributed by atoms with Gasteiger partial charge < -0.3 is 4.74 Å². The molecule has 0 bridgehead atoms. The number of ether oxygens (including phenoxy) is 1. The fourth-order valence-corrected chi connectivity index (χ4v) is 1.83. The number of benzene rings is 2. The first-order valence-electron chi connectivity index (χ1n) is 5.99. The molecule has 1 atom stereocenters. The van der Waals surface area contributed by atoms with E-state index in [-0.39, 0.29) is 16.3 Å². The summed E-state index contributed by atoms with van der Waals surface area (Å²) in [6, 6.07) is 6.31. The maximum absolute atomic E-state index is 13.5. The number of Topliss-reactive ketones (excluding diaryl/α,β-unsaturated/α-hetero) is 1. The van der Waals surface area contributed by atoms with Crippen LogP contribution in [0, 0.1) is 17.5 Å². The van der Waals surface area contributed by atoms with Crippen molar-refractivity contribution in [1.82, 2.24) is 0 Å². The monoisotopic (exact) mass is 314 g/mol. The summed E-state index contributed by atoms with van der Waals surface area (Å²) in [4.78, 5) is 12.0. The van der Waals surface area contributed by atoms with E-state index in [0.29, 0.717) is 6.07 Å². The van der Waals surface area contributed by atoms with Gasteiger partial charge >= 0.3 is 0 Å². The molecule has 0 radical (unpaired) electrons. The molecule has 0 N–H and O–H groups in total. The van der Waals surface area contributed by atoms with Gasteiger partial charge in [-0.25, -0.2) is 13.2 Å². The van der Waals surface area contributed by atoms with E-state index in [1.165, 1.54) is 19.1 Å². The van der Waals surface area contributed by atoms with Crippen molar-refractivity contribution in [3.63, 3.8) is 0 Å². The molecule has 110 valence electrons. The van der Waals surface area contributed by atoms with Gasteiger partial charge in [0.25, 0.3) is 0 Å². The van der Waals surface area contributed by atoms with Gasteiger partial charge in [-0.1, -0.05) is 11.6 Å². The van der Waals surface area contributed by atoms with Crippen LogP contribution < -0.4 is 4.74 Å². The van der Waals surface area contributed by atoms with Crippen LogP contribution in [0.3, 0.4) is 0 Å². The van der Waals surface area contributed by atoms with Gasteiger partial charge in [-0.15, -0.1) is 0 Å². The fourth-order valence-electron chi connectivity index (χ4n) is 1.72. The summed E-state index contributed by atoms with van der Waals surface area (Å²) in [6.45, 7) is 1.39. The van der Waals surface area contributed by atoms with Crippen LogP contribution in [-0.4, -0.2) is 11.9 Å². The molecule has 21 heavy (non-hydrogen) atoms. The molecule has 0 aliphatic heterocycles. The molecule has 0 fully saturated rings. The third-order valence-corrected chi connectivity index (χ3v) is 3.08. The van der Waals surface area contributed by atoms with Crippen molar-refractivity contribution in [2.45, 2.75) is 13.0 Å². The summed E-state index contributed by atoms with van der Waals surface area (Å²) >= 11 is 5.53. The first kappa shape index (κ1) is 15.4. The SMILES string of the molecule is CC(Oc1ccc(Cl)c(F)c1)C(=O)c1ccc(F)cc1F. The molecule has 2 aromatic carbocycles. The van der Waals surface area contributed by atoms with Gasteiger partial charge in [0.1, 0.15) is 23.2 Å². The molecule has 2 rings (SSSR count). The summed E-state index contributed by atoms with van der Waals surface area (Å²) in [5.74, 6) is -3.04. The minimum absolute atomic E-state index is 0.0779. The molecule has 2 aromatic rings. The number of hydrogen-bond donors (Lipinski definition) is 0. The molecule has 0 aliphatic rings. The Morgan fingerprint density at radius 1 is 1.10 bits per heavy atom. The average Bonchev–Trinajstić information content (AvgIpc) is 2.42. The second-order valence-corrected chi connectivity index (χ2v) is 4.73. The van der Waals surface area contributed by atoms with E-state index in [9.17, 15) is 18.0 Å². The lowest BCUT2D eigenvalue weighted by atomic mass is 10.1. The maximum atomic E-state index is 13.5. The highest BCUT2D eigenvalue weighted by Gasteiger charge is 2.21.